The van der Waals surface area contributed by atoms with Gasteiger partial charge in [-0.25, -0.2) is 0 Å². The average molecular weight is 253 g/mol. The molecule has 0 saturated carbocycles. The Labute approximate surface area is 114 Å². The van der Waals surface area contributed by atoms with E-state index in [4.69, 9.17) is 4.74 Å². The second-order valence-electron chi connectivity index (χ2n) is 5.08. The lowest BCUT2D eigenvalue weighted by molar-refractivity contribution is 0.210. The molecular formula is C17H19NO. The fraction of sp³-hybridized carbons (Fsp3) is 0.294. The number of ether oxygens (including phenoxy) is 1. The van der Waals surface area contributed by atoms with Gasteiger partial charge in [-0.2, -0.15) is 0 Å². The van der Waals surface area contributed by atoms with Gasteiger partial charge in [0.15, 0.2) is 0 Å². The third-order valence-electron chi connectivity index (χ3n) is 3.65. The standard InChI is InChI=1S/C17H19NO/c1-3-13-6-9-16-15(10-13)18-11-17(19-16)14-7-4-12(2)5-8-14/h4-10,17-18H,3,11H2,1-2H3. The third kappa shape index (κ3) is 2.43. The molecule has 3 rings (SSSR count). The van der Waals surface area contributed by atoms with Crippen LogP contribution in [0.3, 0.4) is 0 Å². The van der Waals surface area contributed by atoms with Crippen molar-refractivity contribution in [2.45, 2.75) is 26.4 Å². The Morgan fingerprint density at radius 2 is 1.95 bits per heavy atom. The molecule has 0 saturated heterocycles. The first-order chi connectivity index (χ1) is 9.26. The van der Waals surface area contributed by atoms with Crippen molar-refractivity contribution in [1.29, 1.82) is 0 Å². The van der Waals surface area contributed by atoms with Gasteiger partial charge < -0.3 is 10.1 Å². The lowest BCUT2D eigenvalue weighted by Crippen LogP contribution is -2.23. The molecule has 1 aliphatic rings. The second kappa shape index (κ2) is 4.96. The number of rotatable bonds is 2. The van der Waals surface area contributed by atoms with Crippen molar-refractivity contribution >= 4 is 5.69 Å². The van der Waals surface area contributed by atoms with Gasteiger partial charge in [-0.05, 0) is 36.6 Å². The molecule has 1 heterocycles. The first kappa shape index (κ1) is 12.1. The highest BCUT2D eigenvalue weighted by Gasteiger charge is 2.20. The molecular weight excluding hydrogens is 234 g/mol. The van der Waals surface area contributed by atoms with Crippen molar-refractivity contribution in [2.75, 3.05) is 11.9 Å². The molecule has 0 aromatic heterocycles. The highest BCUT2D eigenvalue weighted by Crippen LogP contribution is 2.34. The van der Waals surface area contributed by atoms with E-state index in [0.29, 0.717) is 0 Å². The van der Waals surface area contributed by atoms with E-state index < -0.39 is 0 Å². The van der Waals surface area contributed by atoms with Gasteiger partial charge in [0.2, 0.25) is 0 Å². The minimum absolute atomic E-state index is 0.0978. The molecule has 2 aromatic carbocycles. The van der Waals surface area contributed by atoms with Crippen molar-refractivity contribution in [3.05, 3.63) is 59.2 Å². The van der Waals surface area contributed by atoms with Gasteiger partial charge in [0.25, 0.3) is 0 Å². The van der Waals surface area contributed by atoms with E-state index in [-0.39, 0.29) is 6.10 Å². The van der Waals surface area contributed by atoms with Gasteiger partial charge in [-0.1, -0.05) is 42.8 Å². The van der Waals surface area contributed by atoms with Crippen LogP contribution in [0.25, 0.3) is 0 Å². The van der Waals surface area contributed by atoms with Crippen LogP contribution in [-0.4, -0.2) is 6.54 Å². The van der Waals surface area contributed by atoms with Gasteiger partial charge in [0.05, 0.1) is 12.2 Å². The number of nitrogens with one attached hydrogen (secondary N) is 1. The van der Waals surface area contributed by atoms with Crippen molar-refractivity contribution in [2.24, 2.45) is 0 Å². The topological polar surface area (TPSA) is 21.3 Å². The van der Waals surface area contributed by atoms with Crippen LogP contribution in [0.2, 0.25) is 0 Å². The minimum Gasteiger partial charge on any atom is -0.482 e. The van der Waals surface area contributed by atoms with E-state index in [1.165, 1.54) is 16.7 Å². The van der Waals surface area contributed by atoms with Crippen molar-refractivity contribution in [3.63, 3.8) is 0 Å². The first-order valence-electron chi connectivity index (χ1n) is 6.86. The number of aryl methyl sites for hydroxylation is 2. The van der Waals surface area contributed by atoms with Crippen LogP contribution in [0.1, 0.15) is 29.7 Å². The molecule has 2 aromatic rings. The van der Waals surface area contributed by atoms with Gasteiger partial charge >= 0.3 is 0 Å². The fourth-order valence-electron chi connectivity index (χ4n) is 2.40. The summed E-state index contributed by atoms with van der Waals surface area (Å²) in [5.74, 6) is 0.953. The maximum absolute atomic E-state index is 6.09. The normalized spacial score (nSPS) is 17.3. The monoisotopic (exact) mass is 253 g/mol. The molecule has 2 heteroatoms. The molecule has 98 valence electrons. The maximum Gasteiger partial charge on any atom is 0.143 e. The molecule has 0 spiro atoms. The number of hydrogen-bond acceptors (Lipinski definition) is 2. The minimum atomic E-state index is 0.0978. The lowest BCUT2D eigenvalue weighted by Gasteiger charge is -2.28. The Morgan fingerprint density at radius 1 is 1.16 bits per heavy atom. The number of anilines is 1. The molecule has 0 amide bonds. The van der Waals surface area contributed by atoms with Crippen LogP contribution in [0.15, 0.2) is 42.5 Å². The Bertz CT molecular complexity index is 574. The summed E-state index contributed by atoms with van der Waals surface area (Å²) in [6.07, 6.45) is 1.15. The number of hydrogen-bond donors (Lipinski definition) is 1. The van der Waals surface area contributed by atoms with E-state index in [0.717, 1.165) is 24.4 Å². The van der Waals surface area contributed by atoms with Crippen LogP contribution in [0.4, 0.5) is 5.69 Å². The molecule has 1 atom stereocenters. The Morgan fingerprint density at radius 3 is 2.68 bits per heavy atom. The van der Waals surface area contributed by atoms with Crippen LogP contribution in [0.5, 0.6) is 5.75 Å². The van der Waals surface area contributed by atoms with E-state index in [2.05, 4.69) is 61.6 Å². The summed E-state index contributed by atoms with van der Waals surface area (Å²) >= 11 is 0. The molecule has 2 nitrogen and oxygen atoms in total. The molecule has 1 unspecified atom stereocenters. The predicted molar refractivity (Wildman–Crippen MR) is 78.9 cm³/mol. The molecule has 0 aliphatic carbocycles. The maximum atomic E-state index is 6.09. The lowest BCUT2D eigenvalue weighted by atomic mass is 10.0. The Hall–Kier alpha value is -1.96. The van der Waals surface area contributed by atoms with E-state index in [9.17, 15) is 0 Å². The van der Waals surface area contributed by atoms with Crippen LogP contribution in [0, 0.1) is 6.92 Å². The summed E-state index contributed by atoms with van der Waals surface area (Å²) in [4.78, 5) is 0. The van der Waals surface area contributed by atoms with Crippen LogP contribution >= 0.6 is 0 Å². The summed E-state index contributed by atoms with van der Waals surface area (Å²) in [6, 6.07) is 14.9. The largest absolute Gasteiger partial charge is 0.482 e. The fourth-order valence-corrected chi connectivity index (χ4v) is 2.40. The van der Waals surface area contributed by atoms with Crippen LogP contribution in [-0.2, 0) is 6.42 Å². The number of benzene rings is 2. The zero-order valence-corrected chi connectivity index (χ0v) is 11.4. The highest BCUT2D eigenvalue weighted by atomic mass is 16.5. The molecule has 0 radical (unpaired) electrons. The third-order valence-corrected chi connectivity index (χ3v) is 3.65. The SMILES string of the molecule is CCc1ccc2c(c1)NCC(c1ccc(C)cc1)O2. The molecule has 1 N–H and O–H groups in total. The van der Waals surface area contributed by atoms with Gasteiger partial charge in [0.1, 0.15) is 11.9 Å². The Balaban J connectivity index is 1.84. The van der Waals surface area contributed by atoms with Crippen molar-refractivity contribution in [1.82, 2.24) is 0 Å². The van der Waals surface area contributed by atoms with E-state index >= 15 is 0 Å². The van der Waals surface area contributed by atoms with E-state index in [1.54, 1.807) is 0 Å². The summed E-state index contributed by atoms with van der Waals surface area (Å²) in [5.41, 5.74) is 4.95. The van der Waals surface area contributed by atoms with E-state index in [1.807, 2.05) is 0 Å². The summed E-state index contributed by atoms with van der Waals surface area (Å²) in [5, 5.41) is 3.48. The van der Waals surface area contributed by atoms with Gasteiger partial charge in [-0.15, -0.1) is 0 Å². The summed E-state index contributed by atoms with van der Waals surface area (Å²) in [6.45, 7) is 5.09. The zero-order chi connectivity index (χ0) is 13.2. The zero-order valence-electron chi connectivity index (χ0n) is 11.4. The first-order valence-corrected chi connectivity index (χ1v) is 6.86. The smallest absolute Gasteiger partial charge is 0.143 e. The molecule has 19 heavy (non-hydrogen) atoms. The Kier molecular flexibility index (Phi) is 3.16. The molecule has 0 fully saturated rings. The van der Waals surface area contributed by atoms with Crippen molar-refractivity contribution in [3.8, 4) is 5.75 Å². The molecule has 1 aliphatic heterocycles. The average Bonchev–Trinajstić information content (AvgIpc) is 2.47. The summed E-state index contributed by atoms with van der Waals surface area (Å²) in [7, 11) is 0. The van der Waals surface area contributed by atoms with Crippen LogP contribution < -0.4 is 10.1 Å². The quantitative estimate of drug-likeness (QED) is 0.870. The summed E-state index contributed by atoms with van der Waals surface area (Å²) < 4.78 is 6.09. The van der Waals surface area contributed by atoms with Gasteiger partial charge in [0, 0.05) is 0 Å². The second-order valence-corrected chi connectivity index (χ2v) is 5.08. The number of fused-ring (bicyclic) bond motifs is 1. The highest BCUT2D eigenvalue weighted by molar-refractivity contribution is 5.60. The van der Waals surface area contributed by atoms with Gasteiger partial charge in [-0.3, -0.25) is 0 Å². The predicted octanol–water partition coefficient (Wildman–Crippen LogP) is 4.10. The van der Waals surface area contributed by atoms with Crippen molar-refractivity contribution < 1.29 is 4.74 Å². The molecule has 0 bridgehead atoms.